The number of rotatable bonds is 4. The maximum atomic E-state index is 13.2. The Hall–Kier alpha value is -2.54. The Morgan fingerprint density at radius 1 is 1.03 bits per heavy atom. The average Bonchev–Trinajstić information content (AvgIpc) is 2.85. The zero-order valence-electron chi connectivity index (χ0n) is 18.8. The van der Waals surface area contributed by atoms with Gasteiger partial charge in [0.15, 0.2) is 0 Å². The van der Waals surface area contributed by atoms with E-state index in [1.807, 2.05) is 4.90 Å². The number of hydrogen-bond donors (Lipinski definition) is 1. The van der Waals surface area contributed by atoms with E-state index in [-0.39, 0.29) is 17.5 Å². The molecule has 3 aliphatic rings. The van der Waals surface area contributed by atoms with Crippen molar-refractivity contribution in [3.05, 3.63) is 57.5 Å². The van der Waals surface area contributed by atoms with Crippen LogP contribution in [0.15, 0.2) is 29.3 Å². The molecule has 1 atom stereocenters. The number of nitrogens with zero attached hydrogens (tertiary/aromatic N) is 4. The first-order chi connectivity index (χ1) is 15.7. The number of H-pyrrole nitrogens is 1. The molecule has 2 aliphatic heterocycles. The normalized spacial score (nSPS) is 22.5. The van der Waals surface area contributed by atoms with E-state index in [1.54, 1.807) is 24.5 Å². The van der Waals surface area contributed by atoms with Crippen molar-refractivity contribution in [2.75, 3.05) is 19.6 Å². The number of aromatic amines is 1. The molecule has 4 heterocycles. The number of aromatic nitrogens is 3. The van der Waals surface area contributed by atoms with Gasteiger partial charge in [0.05, 0.1) is 17.3 Å². The molecule has 2 aromatic heterocycles. The van der Waals surface area contributed by atoms with Gasteiger partial charge >= 0.3 is 0 Å². The highest BCUT2D eigenvalue weighted by atomic mass is 16.2. The van der Waals surface area contributed by atoms with Crippen molar-refractivity contribution in [3.8, 4) is 0 Å². The Labute approximate surface area is 189 Å². The second-order valence-corrected chi connectivity index (χ2v) is 9.61. The molecule has 1 saturated heterocycles. The van der Waals surface area contributed by atoms with Gasteiger partial charge in [-0.05, 0) is 50.2 Å². The molecule has 1 amide bonds. The lowest BCUT2D eigenvalue weighted by Gasteiger charge is -2.36. The number of carbonyl (C=O) groups is 1. The smallest absolute Gasteiger partial charge is 0.255 e. The summed E-state index contributed by atoms with van der Waals surface area (Å²) in [4.78, 5) is 42.6. The van der Waals surface area contributed by atoms with Gasteiger partial charge in [0.1, 0.15) is 5.82 Å². The molecule has 0 bridgehead atoms. The van der Waals surface area contributed by atoms with Gasteiger partial charge in [-0.25, -0.2) is 4.98 Å². The van der Waals surface area contributed by atoms with E-state index >= 15 is 0 Å². The minimum atomic E-state index is -0.178. The fourth-order valence-electron chi connectivity index (χ4n) is 5.67. The molecule has 7 heteroatoms. The van der Waals surface area contributed by atoms with Crippen LogP contribution in [0.2, 0.25) is 0 Å². The first-order valence-corrected chi connectivity index (χ1v) is 12.2. The Balaban J connectivity index is 1.35. The van der Waals surface area contributed by atoms with Crippen LogP contribution in [-0.2, 0) is 13.0 Å². The Morgan fingerprint density at radius 2 is 1.81 bits per heavy atom. The molecule has 0 spiro atoms. The lowest BCUT2D eigenvalue weighted by molar-refractivity contribution is 0.0598. The highest BCUT2D eigenvalue weighted by molar-refractivity contribution is 5.94. The van der Waals surface area contributed by atoms with Crippen LogP contribution in [-0.4, -0.2) is 50.3 Å². The second kappa shape index (κ2) is 9.53. The fraction of sp³-hybridized carbons (Fsp3) is 0.600. The van der Waals surface area contributed by atoms with Gasteiger partial charge in [-0.2, -0.15) is 0 Å². The lowest BCUT2D eigenvalue weighted by Crippen LogP contribution is -2.42. The Bertz CT molecular complexity index is 999. The minimum absolute atomic E-state index is 0.0175. The summed E-state index contributed by atoms with van der Waals surface area (Å²) in [6.07, 6.45) is 13.6. The number of hydrogen-bond acceptors (Lipinski definition) is 5. The molecule has 5 rings (SSSR count). The number of likely N-dealkylation sites (tertiary alicyclic amines) is 1. The van der Waals surface area contributed by atoms with Crippen molar-refractivity contribution in [3.63, 3.8) is 0 Å². The van der Waals surface area contributed by atoms with Crippen molar-refractivity contribution < 1.29 is 4.79 Å². The van der Waals surface area contributed by atoms with E-state index in [0.717, 1.165) is 55.9 Å². The summed E-state index contributed by atoms with van der Waals surface area (Å²) in [5.41, 5.74) is 2.34. The number of amides is 1. The maximum absolute atomic E-state index is 13.2. The van der Waals surface area contributed by atoms with Gasteiger partial charge in [-0.3, -0.25) is 19.5 Å². The summed E-state index contributed by atoms with van der Waals surface area (Å²) in [7, 11) is 0. The van der Waals surface area contributed by atoms with Crippen molar-refractivity contribution in [2.45, 2.75) is 70.4 Å². The third-order valence-electron chi connectivity index (χ3n) is 7.41. The summed E-state index contributed by atoms with van der Waals surface area (Å²) in [5.74, 6) is 1.40. The molecular weight excluding hydrogens is 402 g/mol. The summed E-state index contributed by atoms with van der Waals surface area (Å²) in [5, 5.41) is 0. The van der Waals surface area contributed by atoms with Crippen LogP contribution in [0.5, 0.6) is 0 Å². The van der Waals surface area contributed by atoms with Crippen LogP contribution in [0, 0.1) is 5.92 Å². The summed E-state index contributed by atoms with van der Waals surface area (Å²) >= 11 is 0. The molecule has 2 fully saturated rings. The zero-order valence-corrected chi connectivity index (χ0v) is 18.8. The van der Waals surface area contributed by atoms with Crippen LogP contribution >= 0.6 is 0 Å². The van der Waals surface area contributed by atoms with Gasteiger partial charge in [0, 0.05) is 50.6 Å². The van der Waals surface area contributed by atoms with Crippen LogP contribution < -0.4 is 5.56 Å². The molecule has 0 unspecified atom stereocenters. The summed E-state index contributed by atoms with van der Waals surface area (Å²) in [6.45, 7) is 3.43. The standard InChI is InChI=1S/C25H33N5O2/c31-24-20-17-29(16-18-6-2-1-3-7-18)15-11-21(20)27-23(28-24)22-8-4-5-14-30(22)25(32)19-9-12-26-13-10-19/h9-10,12-13,18,22H,1-8,11,14-17H2,(H,27,28,31)/t22-/m1/s1. The van der Waals surface area contributed by atoms with Crippen molar-refractivity contribution in [2.24, 2.45) is 5.92 Å². The van der Waals surface area contributed by atoms with Gasteiger partial charge in [-0.15, -0.1) is 0 Å². The first kappa shape index (κ1) is 21.3. The minimum Gasteiger partial charge on any atom is -0.328 e. The third kappa shape index (κ3) is 4.49. The predicted molar refractivity (Wildman–Crippen MR) is 122 cm³/mol. The van der Waals surface area contributed by atoms with Crippen molar-refractivity contribution >= 4 is 5.91 Å². The van der Waals surface area contributed by atoms with Gasteiger partial charge < -0.3 is 9.88 Å². The number of nitrogens with one attached hydrogen (secondary N) is 1. The van der Waals surface area contributed by atoms with E-state index in [1.165, 1.54) is 32.1 Å². The SMILES string of the molecule is O=C(c1ccncc1)N1CCCC[C@@H]1c1nc2c(c(=O)[nH]1)CN(CC1CCCCC1)CC2. The molecular formula is C25H33N5O2. The monoisotopic (exact) mass is 435 g/mol. The predicted octanol–water partition coefficient (Wildman–Crippen LogP) is 3.47. The maximum Gasteiger partial charge on any atom is 0.255 e. The third-order valence-corrected chi connectivity index (χ3v) is 7.41. The molecule has 0 aromatic carbocycles. The highest BCUT2D eigenvalue weighted by Gasteiger charge is 2.32. The summed E-state index contributed by atoms with van der Waals surface area (Å²) < 4.78 is 0. The second-order valence-electron chi connectivity index (χ2n) is 9.61. The van der Waals surface area contributed by atoms with E-state index in [4.69, 9.17) is 4.98 Å². The van der Waals surface area contributed by atoms with E-state index in [0.29, 0.717) is 24.5 Å². The van der Waals surface area contributed by atoms with Gasteiger partial charge in [0.25, 0.3) is 11.5 Å². The largest absolute Gasteiger partial charge is 0.328 e. The van der Waals surface area contributed by atoms with E-state index in [2.05, 4.69) is 14.9 Å². The molecule has 1 aliphatic carbocycles. The Morgan fingerprint density at radius 3 is 2.62 bits per heavy atom. The van der Waals surface area contributed by atoms with Crippen LogP contribution in [0.3, 0.4) is 0 Å². The topological polar surface area (TPSA) is 82.2 Å². The quantitative estimate of drug-likeness (QED) is 0.795. The van der Waals surface area contributed by atoms with Gasteiger partial charge in [-0.1, -0.05) is 19.3 Å². The number of fused-ring (bicyclic) bond motifs is 1. The molecule has 170 valence electrons. The zero-order chi connectivity index (χ0) is 21.9. The van der Waals surface area contributed by atoms with E-state index < -0.39 is 0 Å². The van der Waals surface area contributed by atoms with E-state index in [9.17, 15) is 9.59 Å². The average molecular weight is 436 g/mol. The van der Waals surface area contributed by atoms with Crippen molar-refractivity contribution in [1.29, 1.82) is 0 Å². The molecule has 32 heavy (non-hydrogen) atoms. The van der Waals surface area contributed by atoms with Gasteiger partial charge in [0.2, 0.25) is 0 Å². The first-order valence-electron chi connectivity index (χ1n) is 12.2. The molecule has 0 radical (unpaired) electrons. The van der Waals surface area contributed by atoms with Crippen LogP contribution in [0.4, 0.5) is 0 Å². The fourth-order valence-corrected chi connectivity index (χ4v) is 5.67. The number of carbonyl (C=O) groups excluding carboxylic acids is 1. The van der Waals surface area contributed by atoms with Crippen molar-refractivity contribution in [1.82, 2.24) is 24.8 Å². The molecule has 2 aromatic rings. The lowest BCUT2D eigenvalue weighted by atomic mass is 9.88. The number of piperidine rings is 1. The van der Waals surface area contributed by atoms with Crippen LogP contribution in [0.1, 0.15) is 84.8 Å². The Kier molecular flexibility index (Phi) is 6.35. The molecule has 1 saturated carbocycles. The number of pyridine rings is 1. The molecule has 7 nitrogen and oxygen atoms in total. The highest BCUT2D eigenvalue weighted by Crippen LogP contribution is 2.31. The van der Waals surface area contributed by atoms with Crippen LogP contribution in [0.25, 0.3) is 0 Å². The summed E-state index contributed by atoms with van der Waals surface area (Å²) in [6, 6.07) is 3.32. The molecule has 1 N–H and O–H groups in total.